The lowest BCUT2D eigenvalue weighted by Gasteiger charge is -2.20. The Hall–Kier alpha value is -1.55. The van der Waals surface area contributed by atoms with Crippen LogP contribution in [0.4, 0.5) is 0 Å². The highest BCUT2D eigenvalue weighted by Crippen LogP contribution is 2.43. The van der Waals surface area contributed by atoms with Crippen LogP contribution in [-0.2, 0) is 32.7 Å². The molecule has 0 rings (SSSR count). The maximum absolute atomic E-state index is 12.6. The summed E-state index contributed by atoms with van der Waals surface area (Å²) in [5, 5.41) is 18.3. The van der Waals surface area contributed by atoms with Crippen molar-refractivity contribution in [1.82, 2.24) is 0 Å². The van der Waals surface area contributed by atoms with E-state index in [2.05, 4.69) is 42.7 Å². The number of aliphatic hydroxyl groups excluding tert-OH is 2. The Balaban J connectivity index is 4.23. The van der Waals surface area contributed by atoms with Crippen molar-refractivity contribution >= 4 is 19.8 Å². The van der Waals surface area contributed by atoms with Gasteiger partial charge in [-0.05, 0) is 44.9 Å². The summed E-state index contributed by atoms with van der Waals surface area (Å²) < 4.78 is 32.7. The number of esters is 2. The molecule has 3 N–H and O–H groups in total. The van der Waals surface area contributed by atoms with Crippen molar-refractivity contribution in [3.63, 3.8) is 0 Å². The summed E-state index contributed by atoms with van der Waals surface area (Å²) in [4.78, 5) is 34.9. The van der Waals surface area contributed by atoms with Crippen molar-refractivity contribution in [2.45, 2.75) is 212 Å². The molecule has 0 heterocycles. The molecular formula is C43H81O10P. The molecule has 3 atom stereocenters. The van der Waals surface area contributed by atoms with Gasteiger partial charge in [-0.25, -0.2) is 4.57 Å². The maximum atomic E-state index is 12.6. The fourth-order valence-corrected chi connectivity index (χ4v) is 6.75. The number of carbonyl (C=O) groups excluding carboxylic acids is 2. The van der Waals surface area contributed by atoms with Gasteiger partial charge in [-0.1, -0.05) is 167 Å². The summed E-state index contributed by atoms with van der Waals surface area (Å²) in [6, 6.07) is 0. The summed E-state index contributed by atoms with van der Waals surface area (Å²) in [6.45, 7) is 2.36. The van der Waals surface area contributed by atoms with Crippen molar-refractivity contribution in [3.8, 4) is 0 Å². The number of hydrogen-bond acceptors (Lipinski definition) is 9. The van der Waals surface area contributed by atoms with Gasteiger partial charge >= 0.3 is 19.8 Å². The van der Waals surface area contributed by atoms with Gasteiger partial charge in [0.15, 0.2) is 6.10 Å². The van der Waals surface area contributed by atoms with Gasteiger partial charge in [0.2, 0.25) is 0 Å². The minimum Gasteiger partial charge on any atom is -0.462 e. The molecule has 0 aliphatic carbocycles. The van der Waals surface area contributed by atoms with Crippen molar-refractivity contribution in [2.24, 2.45) is 0 Å². The SMILES string of the molecule is CCCCC/C=C\C/C=C\CCCCCCCCCCCC(=O)OC[C@H](COP(=O)(O)OC[C@@H](O)CO)OC(=O)CCCCCCCCCCCCCC. The van der Waals surface area contributed by atoms with Crippen molar-refractivity contribution < 1.29 is 47.8 Å². The van der Waals surface area contributed by atoms with E-state index in [4.69, 9.17) is 19.1 Å². The monoisotopic (exact) mass is 789 g/mol. The number of rotatable bonds is 41. The zero-order valence-corrected chi connectivity index (χ0v) is 35.3. The summed E-state index contributed by atoms with van der Waals surface area (Å²) in [5.74, 6) is -0.923. The van der Waals surface area contributed by atoms with Gasteiger partial charge in [0, 0.05) is 12.8 Å². The molecule has 1 unspecified atom stereocenters. The predicted molar refractivity (Wildman–Crippen MR) is 219 cm³/mol. The second-order valence-electron chi connectivity index (χ2n) is 14.7. The third-order valence-electron chi connectivity index (χ3n) is 9.36. The second kappa shape index (κ2) is 39.7. The Morgan fingerprint density at radius 1 is 0.556 bits per heavy atom. The Labute approximate surface area is 329 Å². The molecule has 0 fully saturated rings. The molecule has 11 heteroatoms. The first-order valence-electron chi connectivity index (χ1n) is 21.8. The molecule has 0 saturated carbocycles. The fourth-order valence-electron chi connectivity index (χ4n) is 5.96. The first-order chi connectivity index (χ1) is 26.2. The van der Waals surface area contributed by atoms with E-state index >= 15 is 0 Å². The van der Waals surface area contributed by atoms with E-state index in [9.17, 15) is 24.2 Å². The Kier molecular flexibility index (Phi) is 38.5. The summed E-state index contributed by atoms with van der Waals surface area (Å²) >= 11 is 0. The molecule has 0 aromatic carbocycles. The lowest BCUT2D eigenvalue weighted by Crippen LogP contribution is -2.29. The van der Waals surface area contributed by atoms with E-state index in [1.807, 2.05) is 0 Å². The van der Waals surface area contributed by atoms with Crippen LogP contribution in [0.3, 0.4) is 0 Å². The molecule has 0 radical (unpaired) electrons. The highest BCUT2D eigenvalue weighted by Gasteiger charge is 2.27. The lowest BCUT2D eigenvalue weighted by atomic mass is 10.0. The van der Waals surface area contributed by atoms with Crippen LogP contribution in [0.5, 0.6) is 0 Å². The van der Waals surface area contributed by atoms with Crippen LogP contribution in [0.25, 0.3) is 0 Å². The summed E-state index contributed by atoms with van der Waals surface area (Å²) in [7, 11) is -4.61. The van der Waals surface area contributed by atoms with E-state index in [1.165, 1.54) is 109 Å². The second-order valence-corrected chi connectivity index (χ2v) is 16.2. The van der Waals surface area contributed by atoms with Crippen LogP contribution < -0.4 is 0 Å². The number of phosphoric acid groups is 1. The van der Waals surface area contributed by atoms with Crippen LogP contribution in [0.15, 0.2) is 24.3 Å². The molecule has 0 aromatic heterocycles. The van der Waals surface area contributed by atoms with E-state index in [-0.39, 0.29) is 19.4 Å². The molecule has 0 spiro atoms. The van der Waals surface area contributed by atoms with E-state index in [1.54, 1.807) is 0 Å². The molecule has 0 aliphatic rings. The van der Waals surface area contributed by atoms with Crippen LogP contribution in [0, 0.1) is 0 Å². The minimum atomic E-state index is -4.61. The number of unbranched alkanes of at least 4 members (excludes halogenated alkanes) is 23. The highest BCUT2D eigenvalue weighted by molar-refractivity contribution is 7.47. The quantitative estimate of drug-likeness (QED) is 0.0236. The van der Waals surface area contributed by atoms with E-state index < -0.39 is 51.8 Å². The minimum absolute atomic E-state index is 0.187. The average molecular weight is 789 g/mol. The number of hydrogen-bond donors (Lipinski definition) is 3. The first-order valence-corrected chi connectivity index (χ1v) is 23.3. The molecule has 0 aliphatic heterocycles. The van der Waals surface area contributed by atoms with Crippen LogP contribution >= 0.6 is 7.82 Å². The Bertz CT molecular complexity index is 957. The van der Waals surface area contributed by atoms with Crippen LogP contribution in [0.1, 0.15) is 200 Å². The lowest BCUT2D eigenvalue weighted by molar-refractivity contribution is -0.161. The fraction of sp³-hybridized carbons (Fsp3) is 0.860. The van der Waals surface area contributed by atoms with Gasteiger partial charge in [0.25, 0.3) is 0 Å². The third-order valence-corrected chi connectivity index (χ3v) is 10.3. The molecule has 0 bridgehead atoms. The Morgan fingerprint density at radius 3 is 1.46 bits per heavy atom. The molecule has 0 amide bonds. The first kappa shape index (κ1) is 52.5. The van der Waals surface area contributed by atoms with Crippen LogP contribution in [-0.4, -0.2) is 65.7 Å². The van der Waals surface area contributed by atoms with Crippen molar-refractivity contribution in [1.29, 1.82) is 0 Å². The molecular weight excluding hydrogens is 707 g/mol. The summed E-state index contributed by atoms with van der Waals surface area (Å²) in [6.07, 6.45) is 38.5. The molecule has 54 heavy (non-hydrogen) atoms. The predicted octanol–water partition coefficient (Wildman–Crippen LogP) is 11.4. The van der Waals surface area contributed by atoms with Gasteiger partial charge < -0.3 is 24.6 Å². The molecule has 318 valence electrons. The van der Waals surface area contributed by atoms with Gasteiger partial charge in [0.05, 0.1) is 19.8 Å². The summed E-state index contributed by atoms with van der Waals surface area (Å²) in [5.41, 5.74) is 0. The van der Waals surface area contributed by atoms with E-state index in [0.29, 0.717) is 12.8 Å². The normalized spacial score (nSPS) is 14.1. The number of carbonyl (C=O) groups is 2. The number of aliphatic hydroxyl groups is 2. The number of allylic oxidation sites excluding steroid dienone is 4. The Morgan fingerprint density at radius 2 is 0.963 bits per heavy atom. The number of phosphoric ester groups is 1. The third kappa shape index (κ3) is 38.7. The topological polar surface area (TPSA) is 149 Å². The van der Waals surface area contributed by atoms with Crippen molar-refractivity contribution in [3.05, 3.63) is 24.3 Å². The van der Waals surface area contributed by atoms with Gasteiger partial charge in [-0.15, -0.1) is 0 Å². The van der Waals surface area contributed by atoms with Gasteiger partial charge in [-0.2, -0.15) is 0 Å². The molecule has 0 saturated heterocycles. The highest BCUT2D eigenvalue weighted by atomic mass is 31.2. The van der Waals surface area contributed by atoms with Gasteiger partial charge in [-0.3, -0.25) is 18.6 Å². The molecule has 10 nitrogen and oxygen atoms in total. The average Bonchev–Trinajstić information content (AvgIpc) is 3.16. The van der Waals surface area contributed by atoms with Crippen LogP contribution in [0.2, 0.25) is 0 Å². The zero-order valence-electron chi connectivity index (χ0n) is 34.4. The standard InChI is InChI=1S/C43H81O10P/c1-3-5-7-9-11-13-15-17-18-19-20-21-22-23-25-26-28-30-32-34-42(46)50-38-41(39-52-54(48,49)51-37-40(45)36-44)53-43(47)35-33-31-29-27-24-16-14-12-10-8-6-4-2/h11,13,17-18,40-41,44-45H,3-10,12,14-16,19-39H2,1-2H3,(H,48,49)/b13-11-,18-17-/t40-,41+/m0/s1. The maximum Gasteiger partial charge on any atom is 0.472 e. The zero-order chi connectivity index (χ0) is 39.8. The van der Waals surface area contributed by atoms with Crippen molar-refractivity contribution in [2.75, 3.05) is 26.4 Å². The van der Waals surface area contributed by atoms with E-state index in [0.717, 1.165) is 51.4 Å². The molecule has 0 aromatic rings. The van der Waals surface area contributed by atoms with Gasteiger partial charge in [0.1, 0.15) is 12.7 Å². The smallest absolute Gasteiger partial charge is 0.462 e. The largest absolute Gasteiger partial charge is 0.472 e. The number of ether oxygens (including phenoxy) is 2.